The smallest absolute Gasteiger partial charge is 0.335 e. The molecule has 1 fully saturated rings. The zero-order chi connectivity index (χ0) is 25.8. The number of hydrogen-bond donors (Lipinski definition) is 2. The van der Waals surface area contributed by atoms with Gasteiger partial charge >= 0.3 is 5.97 Å². The number of anilines is 1. The molecule has 0 bridgehead atoms. The molecule has 3 aromatic rings. The number of carbonyl (C=O) groups is 4. The quantitative estimate of drug-likeness (QED) is 0.408. The Balaban J connectivity index is 1.43. The van der Waals surface area contributed by atoms with Crippen molar-refractivity contribution >= 4 is 46.5 Å². The molecule has 3 amide bonds. The lowest BCUT2D eigenvalue weighted by Crippen LogP contribution is -2.36. The molecular formula is C26H22N2O7S. The average molecular weight is 507 g/mol. The number of amides is 3. The summed E-state index contributed by atoms with van der Waals surface area (Å²) in [6.45, 7) is 3.74. The van der Waals surface area contributed by atoms with Gasteiger partial charge < -0.3 is 19.6 Å². The SMILES string of the molecule is CCOc1ccc(NC(=O)CN2C(=O)SC(=Cc3ccc(-c4ccc(C(=O)O)cc4C)o3)C2=O)cc1. The summed E-state index contributed by atoms with van der Waals surface area (Å²) >= 11 is 0.722. The summed E-state index contributed by atoms with van der Waals surface area (Å²) < 4.78 is 11.2. The first-order valence-corrected chi connectivity index (χ1v) is 11.8. The Morgan fingerprint density at radius 1 is 1.11 bits per heavy atom. The van der Waals surface area contributed by atoms with Gasteiger partial charge in [-0.15, -0.1) is 0 Å². The van der Waals surface area contributed by atoms with E-state index in [2.05, 4.69) is 5.32 Å². The van der Waals surface area contributed by atoms with Crippen molar-refractivity contribution in [1.29, 1.82) is 0 Å². The highest BCUT2D eigenvalue weighted by atomic mass is 32.2. The Hall–Kier alpha value is -4.31. The molecule has 4 rings (SSSR count). The van der Waals surface area contributed by atoms with E-state index in [0.717, 1.165) is 22.2 Å². The fourth-order valence-corrected chi connectivity index (χ4v) is 4.38. The lowest BCUT2D eigenvalue weighted by atomic mass is 10.0. The standard InChI is InChI=1S/C26H22N2O7S/c1-3-34-18-7-5-17(6-8-18)27-23(29)14-28-24(30)22(36-26(28)33)13-19-9-11-21(35-19)20-10-4-16(25(31)32)12-15(20)2/h4-13H,3,14H2,1-2H3,(H,27,29)(H,31,32). The molecule has 0 radical (unpaired) electrons. The van der Waals surface area contributed by atoms with E-state index < -0.39 is 29.6 Å². The molecule has 0 atom stereocenters. The fraction of sp³-hybridized carbons (Fsp3) is 0.154. The Bertz CT molecular complexity index is 1380. The monoisotopic (exact) mass is 506 g/mol. The molecule has 1 aromatic heterocycles. The largest absolute Gasteiger partial charge is 0.494 e. The van der Waals surface area contributed by atoms with Gasteiger partial charge in [0.2, 0.25) is 5.91 Å². The van der Waals surface area contributed by atoms with E-state index in [1.807, 2.05) is 6.92 Å². The molecule has 0 spiro atoms. The molecule has 1 aliphatic rings. The van der Waals surface area contributed by atoms with Crippen LogP contribution in [0.25, 0.3) is 17.4 Å². The van der Waals surface area contributed by atoms with Crippen LogP contribution in [-0.2, 0) is 9.59 Å². The van der Waals surface area contributed by atoms with E-state index in [1.54, 1.807) is 55.5 Å². The molecule has 2 heterocycles. The van der Waals surface area contributed by atoms with E-state index in [9.17, 15) is 19.2 Å². The molecule has 0 aliphatic carbocycles. The highest BCUT2D eigenvalue weighted by Crippen LogP contribution is 2.34. The van der Waals surface area contributed by atoms with Crippen LogP contribution in [0.1, 0.15) is 28.6 Å². The summed E-state index contributed by atoms with van der Waals surface area (Å²) in [5, 5.41) is 11.2. The Morgan fingerprint density at radius 3 is 2.53 bits per heavy atom. The summed E-state index contributed by atoms with van der Waals surface area (Å²) in [5.41, 5.74) is 2.11. The van der Waals surface area contributed by atoms with Crippen molar-refractivity contribution in [1.82, 2.24) is 4.90 Å². The van der Waals surface area contributed by atoms with Gasteiger partial charge in [0.1, 0.15) is 23.8 Å². The molecule has 2 N–H and O–H groups in total. The second-order valence-electron chi connectivity index (χ2n) is 7.81. The Labute approximate surface area is 210 Å². The number of carbonyl (C=O) groups excluding carboxylic acids is 3. The minimum absolute atomic E-state index is 0.132. The van der Waals surface area contributed by atoms with Crippen molar-refractivity contribution in [2.75, 3.05) is 18.5 Å². The third-order valence-electron chi connectivity index (χ3n) is 5.26. The lowest BCUT2D eigenvalue weighted by molar-refractivity contribution is -0.127. The van der Waals surface area contributed by atoms with Crippen LogP contribution in [0.3, 0.4) is 0 Å². The number of thioether (sulfide) groups is 1. The number of carboxylic acid groups (broad SMARTS) is 1. The van der Waals surface area contributed by atoms with Crippen molar-refractivity contribution in [3.8, 4) is 17.1 Å². The number of ether oxygens (including phenoxy) is 1. The predicted octanol–water partition coefficient (Wildman–Crippen LogP) is 5.03. The number of benzene rings is 2. The van der Waals surface area contributed by atoms with Gasteiger partial charge in [-0.05, 0) is 79.7 Å². The van der Waals surface area contributed by atoms with Gasteiger partial charge in [0, 0.05) is 17.3 Å². The van der Waals surface area contributed by atoms with Crippen molar-refractivity contribution in [2.45, 2.75) is 13.8 Å². The molecule has 184 valence electrons. The van der Waals surface area contributed by atoms with Crippen molar-refractivity contribution in [3.63, 3.8) is 0 Å². The molecule has 1 saturated heterocycles. The minimum atomic E-state index is -1.02. The first kappa shape index (κ1) is 24.8. The number of nitrogens with one attached hydrogen (secondary N) is 1. The highest BCUT2D eigenvalue weighted by Gasteiger charge is 2.36. The van der Waals surface area contributed by atoms with Gasteiger partial charge in [-0.1, -0.05) is 6.07 Å². The first-order valence-electron chi connectivity index (χ1n) is 11.0. The Morgan fingerprint density at radius 2 is 1.86 bits per heavy atom. The zero-order valence-corrected chi connectivity index (χ0v) is 20.3. The predicted molar refractivity (Wildman–Crippen MR) is 135 cm³/mol. The number of carboxylic acids is 1. The number of aryl methyl sites for hydroxylation is 1. The maximum Gasteiger partial charge on any atom is 0.335 e. The van der Waals surface area contributed by atoms with Crippen molar-refractivity contribution in [3.05, 3.63) is 76.4 Å². The summed E-state index contributed by atoms with van der Waals surface area (Å²) in [4.78, 5) is 49.8. The molecule has 0 saturated carbocycles. The maximum absolute atomic E-state index is 12.8. The minimum Gasteiger partial charge on any atom is -0.494 e. The second kappa shape index (κ2) is 10.5. The molecule has 2 aromatic carbocycles. The molecule has 10 heteroatoms. The summed E-state index contributed by atoms with van der Waals surface area (Å²) in [7, 11) is 0. The summed E-state index contributed by atoms with van der Waals surface area (Å²) in [6.07, 6.45) is 1.44. The maximum atomic E-state index is 12.8. The van der Waals surface area contributed by atoms with Gasteiger partial charge in [-0.25, -0.2) is 4.79 Å². The van der Waals surface area contributed by atoms with Crippen LogP contribution in [-0.4, -0.2) is 46.2 Å². The van der Waals surface area contributed by atoms with Crippen LogP contribution in [0.5, 0.6) is 5.75 Å². The molecule has 36 heavy (non-hydrogen) atoms. The van der Waals surface area contributed by atoms with Crippen molar-refractivity contribution in [2.24, 2.45) is 0 Å². The van der Waals surface area contributed by atoms with E-state index in [-0.39, 0.29) is 10.5 Å². The summed E-state index contributed by atoms with van der Waals surface area (Å²) in [6, 6.07) is 14.8. The lowest BCUT2D eigenvalue weighted by Gasteiger charge is -2.12. The number of furan rings is 1. The van der Waals surface area contributed by atoms with Gasteiger partial charge in [0.15, 0.2) is 0 Å². The number of rotatable bonds is 8. The van der Waals surface area contributed by atoms with Gasteiger partial charge in [-0.3, -0.25) is 19.3 Å². The molecule has 9 nitrogen and oxygen atoms in total. The number of hydrogen-bond acceptors (Lipinski definition) is 7. The van der Waals surface area contributed by atoms with E-state index >= 15 is 0 Å². The third kappa shape index (κ3) is 5.49. The molecule has 0 unspecified atom stereocenters. The van der Waals surface area contributed by atoms with Gasteiger partial charge in [-0.2, -0.15) is 0 Å². The van der Waals surface area contributed by atoms with Crippen LogP contribution in [0.2, 0.25) is 0 Å². The van der Waals surface area contributed by atoms with E-state index in [4.69, 9.17) is 14.3 Å². The van der Waals surface area contributed by atoms with Gasteiger partial charge in [0.05, 0.1) is 17.1 Å². The van der Waals surface area contributed by atoms with E-state index in [0.29, 0.717) is 35.1 Å². The van der Waals surface area contributed by atoms with Crippen LogP contribution in [0, 0.1) is 6.92 Å². The molecular weight excluding hydrogens is 484 g/mol. The van der Waals surface area contributed by atoms with E-state index in [1.165, 1.54) is 12.1 Å². The average Bonchev–Trinajstić information content (AvgIpc) is 3.40. The third-order valence-corrected chi connectivity index (χ3v) is 6.17. The molecule has 1 aliphatic heterocycles. The van der Waals surface area contributed by atoms with Crippen molar-refractivity contribution < 1.29 is 33.4 Å². The zero-order valence-electron chi connectivity index (χ0n) is 19.4. The Kier molecular flexibility index (Phi) is 7.25. The topological polar surface area (TPSA) is 126 Å². The normalized spacial score (nSPS) is 14.4. The number of nitrogens with zero attached hydrogens (tertiary/aromatic N) is 1. The fourth-order valence-electron chi connectivity index (χ4n) is 3.56. The summed E-state index contributed by atoms with van der Waals surface area (Å²) in [5.74, 6) is -0.621. The first-order chi connectivity index (χ1) is 17.2. The van der Waals surface area contributed by atoms with Crippen LogP contribution >= 0.6 is 11.8 Å². The van der Waals surface area contributed by atoms with Crippen LogP contribution in [0.15, 0.2) is 63.9 Å². The highest BCUT2D eigenvalue weighted by molar-refractivity contribution is 8.18. The van der Waals surface area contributed by atoms with Crippen LogP contribution < -0.4 is 10.1 Å². The van der Waals surface area contributed by atoms with Gasteiger partial charge in [0.25, 0.3) is 11.1 Å². The number of aromatic carboxylic acids is 1. The second-order valence-corrected chi connectivity index (χ2v) is 8.80. The van der Waals surface area contributed by atoms with Crippen LogP contribution in [0.4, 0.5) is 10.5 Å². The number of imide groups is 1.